The van der Waals surface area contributed by atoms with Crippen molar-refractivity contribution < 1.29 is 0 Å². The number of nitrogens with zero attached hydrogens (tertiary/aromatic N) is 5. The molecule has 5 rings (SSSR count). The topological polar surface area (TPSA) is 56.0 Å². The lowest BCUT2D eigenvalue weighted by molar-refractivity contribution is 1.06. The highest BCUT2D eigenvalue weighted by molar-refractivity contribution is 6.11. The predicted molar refractivity (Wildman–Crippen MR) is 132 cm³/mol. The van der Waals surface area contributed by atoms with Crippen LogP contribution < -0.4 is 0 Å². The largest absolute Gasteiger partial charge is 0.278 e. The molecule has 0 aliphatic rings. The summed E-state index contributed by atoms with van der Waals surface area (Å²) in [7, 11) is 0. The van der Waals surface area contributed by atoms with Gasteiger partial charge in [0.05, 0.1) is 16.9 Å². The second-order valence-electron chi connectivity index (χ2n) is 7.29. The zero-order valence-electron chi connectivity index (χ0n) is 17.7. The normalized spacial score (nSPS) is 12.1. The number of aromatic nitrogens is 4. The zero-order chi connectivity index (χ0) is 21.9. The molecule has 0 radical (unpaired) electrons. The summed E-state index contributed by atoms with van der Waals surface area (Å²) in [6, 6.07) is 22.0. The van der Waals surface area contributed by atoms with Crippen LogP contribution in [0.3, 0.4) is 0 Å². The molecule has 154 valence electrons. The van der Waals surface area contributed by atoms with Crippen LogP contribution in [0.25, 0.3) is 39.0 Å². The van der Waals surface area contributed by atoms with Crippen molar-refractivity contribution in [2.45, 2.75) is 6.92 Å². The van der Waals surface area contributed by atoms with E-state index in [0.29, 0.717) is 5.70 Å². The summed E-state index contributed by atoms with van der Waals surface area (Å²) in [6.07, 6.45) is 9.19. The van der Waals surface area contributed by atoms with Crippen LogP contribution in [0.2, 0.25) is 0 Å². The Morgan fingerprint density at radius 2 is 1.69 bits per heavy atom. The fourth-order valence-corrected chi connectivity index (χ4v) is 3.79. The molecule has 0 aliphatic carbocycles. The molecule has 5 nitrogen and oxygen atoms in total. The third-order valence-corrected chi connectivity index (χ3v) is 5.37. The van der Waals surface area contributed by atoms with E-state index in [-0.39, 0.29) is 0 Å². The van der Waals surface area contributed by atoms with Crippen LogP contribution in [0.5, 0.6) is 0 Å². The highest BCUT2D eigenvalue weighted by atomic mass is 15.1. The highest BCUT2D eigenvalue weighted by Crippen LogP contribution is 2.32. The molecular formula is C27H21N5. The second kappa shape index (κ2) is 8.40. The van der Waals surface area contributed by atoms with Gasteiger partial charge in [0.1, 0.15) is 11.5 Å². The maximum atomic E-state index is 4.63. The molecule has 0 aliphatic heterocycles. The van der Waals surface area contributed by atoms with Gasteiger partial charge in [0.25, 0.3) is 0 Å². The van der Waals surface area contributed by atoms with Gasteiger partial charge in [-0.1, -0.05) is 30.9 Å². The van der Waals surface area contributed by atoms with E-state index in [1.54, 1.807) is 18.6 Å². The fraction of sp³-hybridized carbons (Fsp3) is 0.0370. The Morgan fingerprint density at radius 1 is 0.875 bits per heavy atom. The van der Waals surface area contributed by atoms with Crippen molar-refractivity contribution >= 4 is 39.4 Å². The van der Waals surface area contributed by atoms with Crippen molar-refractivity contribution in [2.75, 3.05) is 0 Å². The van der Waals surface area contributed by atoms with E-state index in [0.717, 1.165) is 44.6 Å². The summed E-state index contributed by atoms with van der Waals surface area (Å²) in [5, 5.41) is 2.15. The average molecular weight is 416 g/mol. The highest BCUT2D eigenvalue weighted by Gasteiger charge is 2.14. The van der Waals surface area contributed by atoms with Gasteiger partial charge in [-0.25, -0.2) is 9.97 Å². The van der Waals surface area contributed by atoms with Gasteiger partial charge >= 0.3 is 0 Å². The van der Waals surface area contributed by atoms with Crippen LogP contribution >= 0.6 is 0 Å². The summed E-state index contributed by atoms with van der Waals surface area (Å²) in [6.45, 7) is 6.17. The van der Waals surface area contributed by atoms with Crippen LogP contribution in [-0.4, -0.2) is 25.7 Å². The molecule has 0 N–H and O–H groups in total. The Hall–Kier alpha value is -4.38. The Bertz CT molecular complexity index is 1480. The smallest absolute Gasteiger partial charge is 0.146 e. The van der Waals surface area contributed by atoms with Crippen LogP contribution in [0.4, 0.5) is 0 Å². The van der Waals surface area contributed by atoms with E-state index in [1.165, 1.54) is 0 Å². The third-order valence-electron chi connectivity index (χ3n) is 5.37. The first-order chi connectivity index (χ1) is 15.8. The summed E-state index contributed by atoms with van der Waals surface area (Å²) in [4.78, 5) is 18.2. The molecule has 1 aromatic carbocycles. The number of allylic oxidation sites excluding steroid dienone is 2. The lowest BCUT2D eigenvalue weighted by Crippen LogP contribution is -1.97. The molecule has 0 bridgehead atoms. The molecule has 0 saturated carbocycles. The van der Waals surface area contributed by atoms with E-state index < -0.39 is 0 Å². The molecule has 4 aromatic heterocycles. The van der Waals surface area contributed by atoms with E-state index in [9.17, 15) is 0 Å². The fourth-order valence-electron chi connectivity index (χ4n) is 3.79. The quantitative estimate of drug-likeness (QED) is 0.325. The molecule has 0 spiro atoms. The van der Waals surface area contributed by atoms with Crippen molar-refractivity contribution in [3.05, 3.63) is 109 Å². The van der Waals surface area contributed by atoms with Gasteiger partial charge in [0, 0.05) is 46.7 Å². The molecule has 5 aromatic rings. The number of aliphatic imine (C=N–C) groups is 1. The van der Waals surface area contributed by atoms with Crippen LogP contribution in [-0.2, 0) is 0 Å². The van der Waals surface area contributed by atoms with E-state index in [4.69, 9.17) is 0 Å². The second-order valence-corrected chi connectivity index (χ2v) is 7.29. The molecule has 0 amide bonds. The van der Waals surface area contributed by atoms with Gasteiger partial charge in [-0.3, -0.25) is 14.5 Å². The molecule has 32 heavy (non-hydrogen) atoms. The predicted octanol–water partition coefficient (Wildman–Crippen LogP) is 6.11. The van der Waals surface area contributed by atoms with Crippen LogP contribution in [0.15, 0.2) is 103 Å². The number of pyridine rings is 3. The first-order valence-electron chi connectivity index (χ1n) is 10.4. The number of benzene rings is 1. The Kier molecular flexibility index (Phi) is 5.14. The lowest BCUT2D eigenvalue weighted by atomic mass is 10.1. The van der Waals surface area contributed by atoms with Gasteiger partial charge in [-0.05, 0) is 55.5 Å². The number of hydrogen-bond acceptors (Lipinski definition) is 4. The number of hydrogen-bond donors (Lipinski definition) is 0. The molecule has 5 heteroatoms. The molecule has 0 fully saturated rings. The lowest BCUT2D eigenvalue weighted by Gasteiger charge is -2.06. The summed E-state index contributed by atoms with van der Waals surface area (Å²) in [5.74, 6) is 0.837. The molecule has 0 unspecified atom stereocenters. The minimum atomic E-state index is 0.685. The minimum Gasteiger partial charge on any atom is -0.278 e. The Morgan fingerprint density at radius 3 is 2.44 bits per heavy atom. The summed E-state index contributed by atoms with van der Waals surface area (Å²) in [5.41, 5.74) is 5.38. The van der Waals surface area contributed by atoms with Crippen molar-refractivity contribution in [1.29, 1.82) is 0 Å². The van der Waals surface area contributed by atoms with Crippen molar-refractivity contribution in [3.8, 4) is 5.82 Å². The van der Waals surface area contributed by atoms with Gasteiger partial charge in [0.2, 0.25) is 0 Å². The monoisotopic (exact) mass is 415 g/mol. The molecule has 0 saturated heterocycles. The Labute approximate surface area is 186 Å². The van der Waals surface area contributed by atoms with Crippen molar-refractivity contribution in [1.82, 2.24) is 19.5 Å². The van der Waals surface area contributed by atoms with Crippen molar-refractivity contribution in [2.24, 2.45) is 4.99 Å². The SMILES string of the molecule is C=C(N=C/C(=C\C)c1ccccn1)c1ccc2c(c1)c1cccnc1n2-c1ccccn1. The molecule has 4 heterocycles. The summed E-state index contributed by atoms with van der Waals surface area (Å²) >= 11 is 0. The van der Waals surface area contributed by atoms with Crippen LogP contribution in [0, 0.1) is 0 Å². The number of fused-ring (bicyclic) bond motifs is 3. The first-order valence-corrected chi connectivity index (χ1v) is 10.4. The maximum absolute atomic E-state index is 4.63. The standard InChI is InChI=1S/C27H21N5/c1-3-20(24-10-4-6-14-28-24)18-31-19(2)21-12-13-25-23(17-21)22-9-8-16-30-27(22)32(25)26-11-5-7-15-29-26/h3-18H,2H2,1H3/b20-3+,31-18?. The average Bonchev–Trinajstić information content (AvgIpc) is 3.19. The third kappa shape index (κ3) is 3.50. The van der Waals surface area contributed by atoms with E-state index >= 15 is 0 Å². The zero-order valence-corrected chi connectivity index (χ0v) is 17.7. The van der Waals surface area contributed by atoms with Gasteiger partial charge in [0.15, 0.2) is 0 Å². The van der Waals surface area contributed by atoms with Gasteiger partial charge < -0.3 is 0 Å². The summed E-state index contributed by atoms with van der Waals surface area (Å²) < 4.78 is 2.08. The number of rotatable bonds is 5. The van der Waals surface area contributed by atoms with Crippen LogP contribution in [0.1, 0.15) is 18.2 Å². The molecule has 0 atom stereocenters. The minimum absolute atomic E-state index is 0.685. The van der Waals surface area contributed by atoms with Crippen molar-refractivity contribution in [3.63, 3.8) is 0 Å². The van der Waals surface area contributed by atoms with E-state index in [1.807, 2.05) is 67.7 Å². The molecular weight excluding hydrogens is 394 g/mol. The Balaban J connectivity index is 1.57. The van der Waals surface area contributed by atoms with Gasteiger partial charge in [-0.15, -0.1) is 0 Å². The first kappa shape index (κ1) is 19.6. The van der Waals surface area contributed by atoms with Gasteiger partial charge in [-0.2, -0.15) is 0 Å². The van der Waals surface area contributed by atoms with E-state index in [2.05, 4.69) is 49.3 Å². The maximum Gasteiger partial charge on any atom is 0.146 e.